The van der Waals surface area contributed by atoms with Crippen molar-refractivity contribution in [2.75, 3.05) is 17.7 Å². The maximum atomic E-state index is 11.8. The molecule has 2 aromatic rings. The highest BCUT2D eigenvalue weighted by Crippen LogP contribution is 2.29. The minimum absolute atomic E-state index is 0.00450. The number of nitriles is 1. The molecule has 2 N–H and O–H groups in total. The number of carbonyl (C=O) groups is 1. The van der Waals surface area contributed by atoms with Crippen molar-refractivity contribution in [1.29, 1.82) is 5.26 Å². The molecule has 0 radical (unpaired) electrons. The van der Waals surface area contributed by atoms with Gasteiger partial charge in [-0.15, -0.1) is 0 Å². The number of aryl methyl sites for hydroxylation is 1. The Bertz CT molecular complexity index is 896. The largest absolute Gasteiger partial charge is 0.465 e. The van der Waals surface area contributed by atoms with Crippen molar-refractivity contribution < 1.29 is 9.53 Å². The third-order valence-corrected chi connectivity index (χ3v) is 5.29. The van der Waals surface area contributed by atoms with Gasteiger partial charge in [0, 0.05) is 28.0 Å². The Morgan fingerprint density at radius 3 is 2.96 bits per heavy atom. The zero-order valence-corrected chi connectivity index (χ0v) is 16.7. The van der Waals surface area contributed by atoms with E-state index < -0.39 is 5.97 Å². The number of nitrogens with one attached hydrogen (secondary N) is 2. The van der Waals surface area contributed by atoms with Crippen molar-refractivity contribution in [2.24, 2.45) is 5.92 Å². The van der Waals surface area contributed by atoms with Crippen LogP contribution < -0.4 is 10.6 Å². The van der Waals surface area contributed by atoms with Gasteiger partial charge in [0.25, 0.3) is 0 Å². The van der Waals surface area contributed by atoms with Gasteiger partial charge in [-0.25, -0.2) is 9.78 Å². The van der Waals surface area contributed by atoms with Crippen LogP contribution in [0.4, 0.5) is 17.5 Å². The molecule has 27 heavy (non-hydrogen) atoms. The number of esters is 1. The zero-order chi connectivity index (χ0) is 19.4. The van der Waals surface area contributed by atoms with Crippen LogP contribution in [0.3, 0.4) is 0 Å². The summed E-state index contributed by atoms with van der Waals surface area (Å²) in [5.74, 6) is 0.698. The van der Waals surface area contributed by atoms with Gasteiger partial charge < -0.3 is 15.4 Å². The van der Waals surface area contributed by atoms with Crippen LogP contribution in [-0.2, 0) is 4.74 Å². The monoisotopic (exact) mass is 429 g/mol. The molecule has 140 valence electrons. The second-order valence-corrected chi connectivity index (χ2v) is 7.31. The lowest BCUT2D eigenvalue weighted by molar-refractivity contribution is 0.0599. The number of ether oxygens (including phenoxy) is 1. The number of anilines is 3. The van der Waals surface area contributed by atoms with Crippen LogP contribution >= 0.6 is 15.9 Å². The highest BCUT2D eigenvalue weighted by molar-refractivity contribution is 9.10. The molecule has 1 aromatic carbocycles. The van der Waals surface area contributed by atoms with Crippen molar-refractivity contribution >= 4 is 39.4 Å². The number of hydrogen-bond donors (Lipinski definition) is 2. The van der Waals surface area contributed by atoms with Gasteiger partial charge in [-0.1, -0.05) is 0 Å². The Balaban J connectivity index is 1.80. The molecule has 1 fully saturated rings. The lowest BCUT2D eigenvalue weighted by Gasteiger charge is -2.18. The molecule has 0 aliphatic heterocycles. The molecule has 0 spiro atoms. The summed E-state index contributed by atoms with van der Waals surface area (Å²) in [6.45, 7) is 1.93. The maximum absolute atomic E-state index is 11.8. The fraction of sp³-hybridized carbons (Fsp3) is 0.368. The van der Waals surface area contributed by atoms with E-state index in [9.17, 15) is 10.1 Å². The number of halogens is 1. The molecule has 2 atom stereocenters. The number of nitrogens with zero attached hydrogens (tertiary/aromatic N) is 3. The summed E-state index contributed by atoms with van der Waals surface area (Å²) in [6, 6.07) is 7.72. The predicted molar refractivity (Wildman–Crippen MR) is 106 cm³/mol. The smallest absolute Gasteiger partial charge is 0.339 e. The van der Waals surface area contributed by atoms with Crippen molar-refractivity contribution in [3.05, 3.63) is 40.0 Å². The van der Waals surface area contributed by atoms with E-state index in [0.29, 0.717) is 27.5 Å². The van der Waals surface area contributed by atoms with Crippen LogP contribution in [0, 0.1) is 24.2 Å². The Kier molecular flexibility index (Phi) is 5.91. The quantitative estimate of drug-likeness (QED) is 0.687. The number of aromatic nitrogens is 2. The number of benzene rings is 1. The van der Waals surface area contributed by atoms with Crippen LogP contribution in [0.5, 0.6) is 0 Å². The summed E-state index contributed by atoms with van der Waals surface area (Å²) >= 11 is 3.34. The van der Waals surface area contributed by atoms with Gasteiger partial charge in [-0.3, -0.25) is 0 Å². The fourth-order valence-electron chi connectivity index (χ4n) is 3.11. The lowest BCUT2D eigenvalue weighted by atomic mass is 10.1. The van der Waals surface area contributed by atoms with E-state index in [-0.39, 0.29) is 12.0 Å². The normalized spacial score (nSPS) is 18.6. The number of carbonyl (C=O) groups excluding carboxylic acids is 1. The summed E-state index contributed by atoms with van der Waals surface area (Å²) in [6.07, 6.45) is 4.65. The SMILES string of the molecule is COC(=O)c1cc(Nc2ncc(C)c(N[C@@H]3CCC[C@H]3C#N)n2)ccc1Br. The maximum Gasteiger partial charge on any atom is 0.339 e. The Morgan fingerprint density at radius 1 is 1.41 bits per heavy atom. The van der Waals surface area contributed by atoms with Gasteiger partial charge >= 0.3 is 5.97 Å². The van der Waals surface area contributed by atoms with Gasteiger partial charge in [-0.2, -0.15) is 10.2 Å². The summed E-state index contributed by atoms with van der Waals surface area (Å²) in [5.41, 5.74) is 2.00. The van der Waals surface area contributed by atoms with Gasteiger partial charge in [0.05, 0.1) is 24.7 Å². The van der Waals surface area contributed by atoms with E-state index in [1.165, 1.54) is 7.11 Å². The van der Waals surface area contributed by atoms with Crippen LogP contribution in [0.1, 0.15) is 35.2 Å². The third kappa shape index (κ3) is 4.37. The molecule has 1 aliphatic carbocycles. The van der Waals surface area contributed by atoms with E-state index in [2.05, 4.69) is 42.6 Å². The second-order valence-electron chi connectivity index (χ2n) is 6.45. The zero-order valence-electron chi connectivity index (χ0n) is 15.1. The Labute approximate surface area is 166 Å². The molecular formula is C19H20BrN5O2. The number of hydrogen-bond acceptors (Lipinski definition) is 7. The summed E-state index contributed by atoms with van der Waals surface area (Å²) in [4.78, 5) is 20.7. The summed E-state index contributed by atoms with van der Waals surface area (Å²) < 4.78 is 5.44. The fourth-order valence-corrected chi connectivity index (χ4v) is 3.52. The van der Waals surface area contributed by atoms with E-state index >= 15 is 0 Å². The van der Waals surface area contributed by atoms with E-state index in [0.717, 1.165) is 24.8 Å². The van der Waals surface area contributed by atoms with Crippen molar-refractivity contribution in [3.63, 3.8) is 0 Å². The Morgan fingerprint density at radius 2 is 2.22 bits per heavy atom. The minimum atomic E-state index is -0.429. The van der Waals surface area contributed by atoms with Gasteiger partial charge in [0.1, 0.15) is 5.82 Å². The average Bonchev–Trinajstić information content (AvgIpc) is 3.12. The topological polar surface area (TPSA) is 99.9 Å². The summed E-state index contributed by atoms with van der Waals surface area (Å²) in [7, 11) is 1.34. The first kappa shape index (κ1) is 19.1. The predicted octanol–water partition coefficient (Wildman–Crippen LogP) is 4.18. The molecule has 3 rings (SSSR count). The van der Waals surface area contributed by atoms with Gasteiger partial charge in [0.15, 0.2) is 0 Å². The average molecular weight is 430 g/mol. The molecule has 0 saturated heterocycles. The molecule has 0 amide bonds. The molecule has 1 aromatic heterocycles. The molecule has 1 heterocycles. The van der Waals surface area contributed by atoms with Crippen LogP contribution in [0.15, 0.2) is 28.9 Å². The first-order valence-electron chi connectivity index (χ1n) is 8.66. The molecule has 7 nitrogen and oxygen atoms in total. The third-order valence-electron chi connectivity index (χ3n) is 4.60. The highest BCUT2D eigenvalue weighted by atomic mass is 79.9. The minimum Gasteiger partial charge on any atom is -0.465 e. The lowest BCUT2D eigenvalue weighted by Crippen LogP contribution is -2.24. The van der Waals surface area contributed by atoms with Gasteiger partial charge in [0.2, 0.25) is 5.95 Å². The second kappa shape index (κ2) is 8.35. The van der Waals surface area contributed by atoms with Crippen LogP contribution in [-0.4, -0.2) is 29.1 Å². The van der Waals surface area contributed by atoms with E-state index in [1.54, 1.807) is 18.3 Å². The van der Waals surface area contributed by atoms with Crippen molar-refractivity contribution in [1.82, 2.24) is 9.97 Å². The first-order chi connectivity index (χ1) is 13.0. The first-order valence-corrected chi connectivity index (χ1v) is 9.45. The standard InChI is InChI=1S/C19H20BrN5O2/c1-11-10-22-19(25-17(11)24-16-5-3-4-12(16)9-21)23-13-6-7-15(20)14(8-13)18(26)27-2/h6-8,10,12,16H,3-5H2,1-2H3,(H2,22,23,24,25)/t12-,16+/m0/s1. The molecule has 8 heteroatoms. The highest BCUT2D eigenvalue weighted by Gasteiger charge is 2.27. The van der Waals surface area contributed by atoms with Crippen molar-refractivity contribution in [2.45, 2.75) is 32.2 Å². The van der Waals surface area contributed by atoms with Crippen LogP contribution in [0.2, 0.25) is 0 Å². The molecule has 1 aliphatic rings. The van der Waals surface area contributed by atoms with Crippen LogP contribution in [0.25, 0.3) is 0 Å². The van der Waals surface area contributed by atoms with Crippen molar-refractivity contribution in [3.8, 4) is 6.07 Å². The van der Waals surface area contributed by atoms with E-state index in [1.807, 2.05) is 13.0 Å². The number of methoxy groups -OCH3 is 1. The summed E-state index contributed by atoms with van der Waals surface area (Å²) in [5, 5.41) is 15.8. The van der Waals surface area contributed by atoms with Gasteiger partial charge in [-0.05, 0) is 60.3 Å². The molecular weight excluding hydrogens is 410 g/mol. The number of rotatable bonds is 5. The Hall–Kier alpha value is -2.66. The molecule has 0 bridgehead atoms. The van der Waals surface area contributed by atoms with E-state index in [4.69, 9.17) is 4.74 Å². The molecule has 0 unspecified atom stereocenters. The molecule has 1 saturated carbocycles.